The van der Waals surface area contributed by atoms with Gasteiger partial charge >= 0.3 is 0 Å². The third kappa shape index (κ3) is 4.18. The number of amides is 1. The lowest BCUT2D eigenvalue weighted by molar-refractivity contribution is -0.126. The zero-order chi connectivity index (χ0) is 21.3. The third-order valence-corrected chi connectivity index (χ3v) is 8.18. The number of nitrogens with zero attached hydrogens (tertiary/aromatic N) is 3. The second kappa shape index (κ2) is 8.32. The number of aryl methyl sites for hydroxylation is 2. The molecule has 0 aromatic carbocycles. The summed E-state index contributed by atoms with van der Waals surface area (Å²) in [5.74, 6) is 0.871. The molecule has 1 fully saturated rings. The minimum atomic E-state index is -3.74. The highest BCUT2D eigenvalue weighted by Crippen LogP contribution is 2.34. The molecule has 1 aliphatic rings. The van der Waals surface area contributed by atoms with E-state index in [1.807, 2.05) is 0 Å². The van der Waals surface area contributed by atoms with Gasteiger partial charge in [0.25, 0.3) is 0 Å². The lowest BCUT2D eigenvalue weighted by Crippen LogP contribution is -2.45. The number of sulfonamides is 1. The highest BCUT2D eigenvalue weighted by molar-refractivity contribution is 7.89. The van der Waals surface area contributed by atoms with Crippen LogP contribution in [0.1, 0.15) is 29.4 Å². The Labute approximate surface area is 178 Å². The number of rotatable bonds is 6. The van der Waals surface area contributed by atoms with Crippen LogP contribution in [0.15, 0.2) is 38.3 Å². The van der Waals surface area contributed by atoms with Gasteiger partial charge in [0.05, 0.1) is 28.5 Å². The maximum Gasteiger partial charge on any atom is 0.244 e. The molecule has 0 bridgehead atoms. The minimum absolute atomic E-state index is 0.151. The summed E-state index contributed by atoms with van der Waals surface area (Å²) in [5, 5.41) is 6.69. The van der Waals surface area contributed by atoms with Crippen LogP contribution in [0.3, 0.4) is 0 Å². The number of furan rings is 1. The maximum atomic E-state index is 13.3. The molecule has 1 N–H and O–H groups in total. The van der Waals surface area contributed by atoms with Crippen molar-refractivity contribution in [2.75, 3.05) is 13.1 Å². The zero-order valence-corrected chi connectivity index (χ0v) is 18.3. The summed E-state index contributed by atoms with van der Waals surface area (Å²) < 4.78 is 38.2. The number of carbonyl (C=O) groups excluding carboxylic acids is 1. The first-order valence-corrected chi connectivity index (χ1v) is 11.8. The molecule has 1 amide bonds. The highest BCUT2D eigenvalue weighted by Gasteiger charge is 2.35. The van der Waals surface area contributed by atoms with Crippen LogP contribution in [0.4, 0.5) is 0 Å². The van der Waals surface area contributed by atoms with Gasteiger partial charge in [0, 0.05) is 24.9 Å². The SMILES string of the molecule is Cc1nc(-c2cc(S(=O)(=O)N3CCCC(C(=O)NCc4ccco4)C3)c(C)s2)no1. The van der Waals surface area contributed by atoms with Crippen LogP contribution < -0.4 is 5.32 Å². The fourth-order valence-electron chi connectivity index (χ4n) is 3.48. The van der Waals surface area contributed by atoms with Crippen molar-refractivity contribution in [3.8, 4) is 10.7 Å². The highest BCUT2D eigenvalue weighted by atomic mass is 32.2. The quantitative estimate of drug-likeness (QED) is 0.613. The fraction of sp³-hybridized carbons (Fsp3) is 0.421. The van der Waals surface area contributed by atoms with Gasteiger partial charge in [0.2, 0.25) is 27.6 Å². The van der Waals surface area contributed by atoms with Crippen molar-refractivity contribution in [1.82, 2.24) is 19.8 Å². The lowest BCUT2D eigenvalue weighted by Gasteiger charge is -2.31. The Morgan fingerprint density at radius 1 is 1.40 bits per heavy atom. The van der Waals surface area contributed by atoms with Gasteiger partial charge in [-0.3, -0.25) is 4.79 Å². The van der Waals surface area contributed by atoms with Gasteiger partial charge < -0.3 is 14.3 Å². The first kappa shape index (κ1) is 20.8. The number of thiophene rings is 1. The van der Waals surface area contributed by atoms with Crippen LogP contribution in [0.5, 0.6) is 0 Å². The fourth-order valence-corrected chi connectivity index (χ4v) is 6.49. The van der Waals surface area contributed by atoms with Crippen LogP contribution >= 0.6 is 11.3 Å². The van der Waals surface area contributed by atoms with Crippen molar-refractivity contribution in [1.29, 1.82) is 0 Å². The van der Waals surface area contributed by atoms with E-state index < -0.39 is 15.9 Å². The van der Waals surface area contributed by atoms with Gasteiger partial charge in [0.15, 0.2) is 0 Å². The Hall–Kier alpha value is -2.50. The van der Waals surface area contributed by atoms with Crippen molar-refractivity contribution < 1.29 is 22.2 Å². The number of aromatic nitrogens is 2. The number of hydrogen-bond acceptors (Lipinski definition) is 8. The van der Waals surface area contributed by atoms with E-state index in [4.69, 9.17) is 8.94 Å². The predicted molar refractivity (Wildman–Crippen MR) is 109 cm³/mol. The second-order valence-corrected chi connectivity index (χ2v) is 10.3. The Balaban J connectivity index is 1.48. The molecule has 0 aliphatic carbocycles. The molecule has 11 heteroatoms. The summed E-state index contributed by atoms with van der Waals surface area (Å²) in [6.07, 6.45) is 2.81. The number of carbonyl (C=O) groups is 1. The van der Waals surface area contributed by atoms with Crippen LogP contribution in [0.2, 0.25) is 0 Å². The van der Waals surface area contributed by atoms with Crippen LogP contribution in [-0.4, -0.2) is 41.9 Å². The Kier molecular flexibility index (Phi) is 5.76. The van der Waals surface area contributed by atoms with E-state index in [1.54, 1.807) is 38.3 Å². The smallest absolute Gasteiger partial charge is 0.244 e. The molecule has 1 unspecified atom stereocenters. The van der Waals surface area contributed by atoms with Crippen molar-refractivity contribution in [2.24, 2.45) is 5.92 Å². The molecule has 9 nitrogen and oxygen atoms in total. The molecular formula is C19H22N4O5S2. The molecule has 4 rings (SSSR count). The number of piperidine rings is 1. The van der Waals surface area contributed by atoms with Gasteiger partial charge in [-0.15, -0.1) is 11.3 Å². The van der Waals surface area contributed by atoms with Gasteiger partial charge in [-0.25, -0.2) is 8.42 Å². The normalized spacial score (nSPS) is 17.9. The van der Waals surface area contributed by atoms with E-state index in [9.17, 15) is 13.2 Å². The minimum Gasteiger partial charge on any atom is -0.467 e. The monoisotopic (exact) mass is 450 g/mol. The standard InChI is InChI=1S/C19H22N4O5S2/c1-12-17(9-16(29-12)18-21-13(2)28-22-18)30(25,26)23-7-3-5-14(11-23)19(24)20-10-15-6-4-8-27-15/h4,6,8-9,14H,3,5,7,10-11H2,1-2H3,(H,20,24). The van der Waals surface area contributed by atoms with Gasteiger partial charge in [0.1, 0.15) is 5.76 Å². The van der Waals surface area contributed by atoms with E-state index in [0.29, 0.717) is 46.6 Å². The van der Waals surface area contributed by atoms with Gasteiger partial charge in [-0.1, -0.05) is 5.16 Å². The zero-order valence-electron chi connectivity index (χ0n) is 16.6. The predicted octanol–water partition coefficient (Wildman–Crippen LogP) is 2.73. The molecular weight excluding hydrogens is 428 g/mol. The Bertz CT molecular complexity index is 1130. The number of nitrogens with one attached hydrogen (secondary N) is 1. The summed E-state index contributed by atoms with van der Waals surface area (Å²) in [4.78, 5) is 18.2. The molecule has 1 saturated heterocycles. The van der Waals surface area contributed by atoms with Gasteiger partial charge in [-0.05, 0) is 38.0 Å². The molecule has 30 heavy (non-hydrogen) atoms. The molecule has 0 saturated carbocycles. The molecule has 3 aromatic rings. The first-order chi connectivity index (χ1) is 14.3. The lowest BCUT2D eigenvalue weighted by atomic mass is 9.99. The molecule has 0 spiro atoms. The van der Waals surface area contributed by atoms with Crippen molar-refractivity contribution in [2.45, 2.75) is 38.1 Å². The van der Waals surface area contributed by atoms with E-state index >= 15 is 0 Å². The summed E-state index contributed by atoms with van der Waals surface area (Å²) in [5.41, 5.74) is 0. The Morgan fingerprint density at radius 3 is 2.93 bits per heavy atom. The van der Waals surface area contributed by atoms with Crippen LogP contribution in [0, 0.1) is 19.8 Å². The largest absolute Gasteiger partial charge is 0.467 e. The van der Waals surface area contributed by atoms with Gasteiger partial charge in [-0.2, -0.15) is 9.29 Å². The molecule has 1 aliphatic heterocycles. The number of hydrogen-bond donors (Lipinski definition) is 1. The molecule has 160 valence electrons. The van der Waals surface area contributed by atoms with Crippen molar-refractivity contribution in [3.63, 3.8) is 0 Å². The maximum absolute atomic E-state index is 13.3. The summed E-state index contributed by atoms with van der Waals surface area (Å²) >= 11 is 1.30. The summed E-state index contributed by atoms with van der Waals surface area (Å²) in [7, 11) is -3.74. The molecule has 0 radical (unpaired) electrons. The molecule has 4 heterocycles. The van der Waals surface area contributed by atoms with Crippen molar-refractivity contribution in [3.05, 3.63) is 41.0 Å². The van der Waals surface area contributed by atoms with E-state index in [-0.39, 0.29) is 23.9 Å². The topological polar surface area (TPSA) is 119 Å². The molecule has 1 atom stereocenters. The van der Waals surface area contributed by atoms with E-state index in [2.05, 4.69) is 15.5 Å². The van der Waals surface area contributed by atoms with Crippen LogP contribution in [0.25, 0.3) is 10.7 Å². The summed E-state index contributed by atoms with van der Waals surface area (Å²) in [6, 6.07) is 5.12. The van der Waals surface area contributed by atoms with Crippen LogP contribution in [-0.2, 0) is 21.4 Å². The Morgan fingerprint density at radius 2 is 2.23 bits per heavy atom. The molecule has 3 aromatic heterocycles. The van der Waals surface area contributed by atoms with E-state index in [0.717, 1.165) is 0 Å². The average molecular weight is 451 g/mol. The average Bonchev–Trinajstić information content (AvgIpc) is 3.47. The first-order valence-electron chi connectivity index (χ1n) is 9.56. The second-order valence-electron chi connectivity index (χ2n) is 7.17. The third-order valence-electron chi connectivity index (χ3n) is 5.01. The summed E-state index contributed by atoms with van der Waals surface area (Å²) in [6.45, 7) is 4.26. The van der Waals surface area contributed by atoms with Crippen molar-refractivity contribution >= 4 is 27.3 Å². The van der Waals surface area contributed by atoms with E-state index in [1.165, 1.54) is 15.6 Å².